The molecule has 3 aromatic heterocycles. The van der Waals surface area contributed by atoms with Gasteiger partial charge in [0.2, 0.25) is 0 Å². The second-order valence-corrected chi connectivity index (χ2v) is 10.8. The Hall–Kier alpha value is -5.67. The van der Waals surface area contributed by atoms with Gasteiger partial charge in [-0.1, -0.05) is 97.1 Å². The number of fused-ring (bicyclic) bond motifs is 9. The van der Waals surface area contributed by atoms with E-state index in [1.807, 2.05) is 18.3 Å². The maximum Gasteiger partial charge on any atom is 0.161 e. The third-order valence-electron chi connectivity index (χ3n) is 8.40. The van der Waals surface area contributed by atoms with Gasteiger partial charge in [-0.25, -0.2) is 0 Å². The quantitative estimate of drug-likeness (QED) is 0.225. The lowest BCUT2D eigenvalue weighted by Gasteiger charge is -2.15. The van der Waals surface area contributed by atoms with Crippen molar-refractivity contribution in [1.82, 2.24) is 9.55 Å². The number of aromatic nitrogens is 2. The molecule has 196 valence electrons. The van der Waals surface area contributed by atoms with Crippen LogP contribution < -0.4 is 0 Å². The molecule has 9 rings (SSSR count). The van der Waals surface area contributed by atoms with E-state index in [1.54, 1.807) is 0 Å². The van der Waals surface area contributed by atoms with Crippen LogP contribution in [0.4, 0.5) is 0 Å². The molecule has 3 heterocycles. The first-order chi connectivity index (χ1) is 20.8. The van der Waals surface area contributed by atoms with E-state index < -0.39 is 0 Å². The molecule has 6 aromatic carbocycles. The SMILES string of the molecule is c1ccc(-c2cc(-c3ccccc3)cc(-n3c4ccccc4c4cnc5c(ccc6c7ccccc7oc65)c43)c2)cc1. The highest BCUT2D eigenvalue weighted by molar-refractivity contribution is 6.23. The monoisotopic (exact) mass is 536 g/mol. The number of rotatable bonds is 3. The van der Waals surface area contributed by atoms with Crippen LogP contribution in [0.1, 0.15) is 0 Å². The second-order valence-electron chi connectivity index (χ2n) is 10.8. The van der Waals surface area contributed by atoms with E-state index in [1.165, 1.54) is 27.6 Å². The number of furan rings is 1. The van der Waals surface area contributed by atoms with Crippen LogP contribution in [0.5, 0.6) is 0 Å². The van der Waals surface area contributed by atoms with Crippen molar-refractivity contribution in [3.8, 4) is 27.9 Å². The molecule has 42 heavy (non-hydrogen) atoms. The molecule has 0 radical (unpaired) electrons. The summed E-state index contributed by atoms with van der Waals surface area (Å²) in [5.74, 6) is 0. The van der Waals surface area contributed by atoms with E-state index in [0.717, 1.165) is 54.9 Å². The minimum absolute atomic E-state index is 0.829. The molecule has 3 heteroatoms. The largest absolute Gasteiger partial charge is 0.454 e. The fraction of sp³-hybridized carbons (Fsp3) is 0. The Morgan fingerprint density at radius 3 is 1.83 bits per heavy atom. The van der Waals surface area contributed by atoms with E-state index in [-0.39, 0.29) is 0 Å². The number of benzene rings is 6. The normalized spacial score (nSPS) is 11.8. The van der Waals surface area contributed by atoms with Gasteiger partial charge in [0.1, 0.15) is 11.1 Å². The summed E-state index contributed by atoms with van der Waals surface area (Å²) in [7, 11) is 0. The average Bonchev–Trinajstić information content (AvgIpc) is 3.62. The first-order valence-electron chi connectivity index (χ1n) is 14.2. The fourth-order valence-corrected chi connectivity index (χ4v) is 6.49. The topological polar surface area (TPSA) is 31.0 Å². The summed E-state index contributed by atoms with van der Waals surface area (Å²) in [5.41, 5.74) is 10.7. The van der Waals surface area contributed by atoms with Crippen molar-refractivity contribution in [1.29, 1.82) is 0 Å². The molecule has 0 unspecified atom stereocenters. The van der Waals surface area contributed by atoms with Crippen molar-refractivity contribution in [2.75, 3.05) is 0 Å². The van der Waals surface area contributed by atoms with Gasteiger partial charge in [0.05, 0.1) is 11.0 Å². The Morgan fingerprint density at radius 1 is 0.476 bits per heavy atom. The van der Waals surface area contributed by atoms with Gasteiger partial charge >= 0.3 is 0 Å². The van der Waals surface area contributed by atoms with Gasteiger partial charge in [-0.2, -0.15) is 0 Å². The molecule has 9 aromatic rings. The highest BCUT2D eigenvalue weighted by Gasteiger charge is 2.19. The summed E-state index contributed by atoms with van der Waals surface area (Å²) in [4.78, 5) is 5.01. The molecule has 0 atom stereocenters. The molecule has 0 N–H and O–H groups in total. The van der Waals surface area contributed by atoms with Crippen molar-refractivity contribution in [3.05, 3.63) is 146 Å². The summed E-state index contributed by atoms with van der Waals surface area (Å²) < 4.78 is 8.82. The number of hydrogen-bond donors (Lipinski definition) is 0. The molecular formula is C39H24N2O. The zero-order valence-electron chi connectivity index (χ0n) is 22.7. The Bertz CT molecular complexity index is 2390. The molecule has 0 spiro atoms. The zero-order valence-corrected chi connectivity index (χ0v) is 22.7. The number of hydrogen-bond acceptors (Lipinski definition) is 2. The second kappa shape index (κ2) is 8.92. The van der Waals surface area contributed by atoms with Gasteiger partial charge in [0.25, 0.3) is 0 Å². The highest BCUT2D eigenvalue weighted by atomic mass is 16.3. The third kappa shape index (κ3) is 3.37. The van der Waals surface area contributed by atoms with Crippen molar-refractivity contribution >= 4 is 54.6 Å². The molecule has 0 aliphatic carbocycles. The minimum Gasteiger partial charge on any atom is -0.454 e. The Morgan fingerprint density at radius 2 is 1.10 bits per heavy atom. The Labute approximate surface area is 241 Å². The highest BCUT2D eigenvalue weighted by Crippen LogP contribution is 2.41. The third-order valence-corrected chi connectivity index (χ3v) is 8.40. The summed E-state index contributed by atoms with van der Waals surface area (Å²) in [6, 6.07) is 49.4. The molecule has 0 aliphatic rings. The number of nitrogens with zero attached hydrogens (tertiary/aromatic N) is 2. The lowest BCUT2D eigenvalue weighted by molar-refractivity contribution is 0.671. The lowest BCUT2D eigenvalue weighted by atomic mass is 9.98. The van der Waals surface area contributed by atoms with Crippen LogP contribution in [0.15, 0.2) is 150 Å². The smallest absolute Gasteiger partial charge is 0.161 e. The van der Waals surface area contributed by atoms with Gasteiger partial charge < -0.3 is 8.98 Å². The van der Waals surface area contributed by atoms with Crippen molar-refractivity contribution in [3.63, 3.8) is 0 Å². The van der Waals surface area contributed by atoms with E-state index in [2.05, 4.69) is 132 Å². The Balaban J connectivity index is 1.42. The van der Waals surface area contributed by atoms with E-state index in [0.29, 0.717) is 0 Å². The van der Waals surface area contributed by atoms with Crippen molar-refractivity contribution in [2.45, 2.75) is 0 Å². The average molecular weight is 537 g/mol. The summed E-state index contributed by atoms with van der Waals surface area (Å²) >= 11 is 0. The van der Waals surface area contributed by atoms with E-state index in [4.69, 9.17) is 9.40 Å². The molecule has 0 saturated carbocycles. The van der Waals surface area contributed by atoms with Crippen molar-refractivity contribution < 1.29 is 4.42 Å². The number of pyridine rings is 1. The van der Waals surface area contributed by atoms with E-state index >= 15 is 0 Å². The van der Waals surface area contributed by atoms with Crippen LogP contribution in [0.2, 0.25) is 0 Å². The van der Waals surface area contributed by atoms with Crippen LogP contribution in [0, 0.1) is 0 Å². The molecular weight excluding hydrogens is 512 g/mol. The molecule has 0 aliphatic heterocycles. The molecule has 0 saturated heterocycles. The molecule has 0 fully saturated rings. The van der Waals surface area contributed by atoms with Crippen LogP contribution in [-0.2, 0) is 0 Å². The minimum atomic E-state index is 0.829. The first-order valence-corrected chi connectivity index (χ1v) is 14.2. The lowest BCUT2D eigenvalue weighted by Crippen LogP contribution is -1.97. The molecule has 0 bridgehead atoms. The van der Waals surface area contributed by atoms with Gasteiger partial charge in [-0.15, -0.1) is 0 Å². The zero-order chi connectivity index (χ0) is 27.6. The van der Waals surface area contributed by atoms with Crippen LogP contribution in [0.25, 0.3) is 82.6 Å². The van der Waals surface area contributed by atoms with Crippen molar-refractivity contribution in [2.24, 2.45) is 0 Å². The fourth-order valence-electron chi connectivity index (χ4n) is 6.49. The summed E-state index contributed by atoms with van der Waals surface area (Å²) in [6.45, 7) is 0. The van der Waals surface area contributed by atoms with Crippen LogP contribution in [-0.4, -0.2) is 9.55 Å². The Kier molecular flexibility index (Phi) is 4.90. The van der Waals surface area contributed by atoms with Crippen LogP contribution in [0.3, 0.4) is 0 Å². The molecule has 3 nitrogen and oxygen atoms in total. The summed E-state index contributed by atoms with van der Waals surface area (Å²) in [5, 5.41) is 5.57. The first kappa shape index (κ1) is 23.1. The van der Waals surface area contributed by atoms with Gasteiger partial charge in [-0.05, 0) is 64.7 Å². The van der Waals surface area contributed by atoms with Gasteiger partial charge in [0, 0.05) is 38.8 Å². The van der Waals surface area contributed by atoms with Gasteiger partial charge in [-0.3, -0.25) is 4.98 Å². The summed E-state index contributed by atoms with van der Waals surface area (Å²) in [6.07, 6.45) is 2.02. The number of para-hydroxylation sites is 2. The standard InChI is InChI=1S/C39H24N2O/c1-3-11-25(12-4-1)27-21-28(26-13-5-2-6-14-26)23-29(22-27)41-35-17-9-7-15-30(35)34-24-40-37-33(38(34)41)20-19-32-31-16-8-10-18-36(31)42-39(32)37/h1-24H. The predicted molar refractivity (Wildman–Crippen MR) is 174 cm³/mol. The van der Waals surface area contributed by atoms with Gasteiger partial charge in [0.15, 0.2) is 5.58 Å². The maximum absolute atomic E-state index is 6.42. The molecule has 0 amide bonds. The predicted octanol–water partition coefficient (Wildman–Crippen LogP) is 10.6. The van der Waals surface area contributed by atoms with Crippen LogP contribution >= 0.6 is 0 Å². The van der Waals surface area contributed by atoms with E-state index in [9.17, 15) is 0 Å². The maximum atomic E-state index is 6.42.